The van der Waals surface area contributed by atoms with Crippen LogP contribution in [-0.2, 0) is 4.79 Å². The van der Waals surface area contributed by atoms with Crippen LogP contribution < -0.4 is 10.6 Å². The molecule has 1 aliphatic carbocycles. The van der Waals surface area contributed by atoms with E-state index in [1.165, 1.54) is 32.1 Å². The third-order valence-corrected chi connectivity index (χ3v) is 4.59. The van der Waals surface area contributed by atoms with Gasteiger partial charge in [-0.25, -0.2) is 0 Å². The second-order valence-electron chi connectivity index (χ2n) is 6.57. The van der Waals surface area contributed by atoms with Crippen molar-refractivity contribution in [1.29, 1.82) is 0 Å². The number of anilines is 1. The molecule has 126 valence electrons. The predicted molar refractivity (Wildman–Crippen MR) is 93.4 cm³/mol. The summed E-state index contributed by atoms with van der Waals surface area (Å²) in [5.41, 5.74) is 1.26. The summed E-state index contributed by atoms with van der Waals surface area (Å²) in [6.07, 6.45) is 7.40. The fourth-order valence-electron chi connectivity index (χ4n) is 3.30. The van der Waals surface area contributed by atoms with Crippen LogP contribution in [0.1, 0.15) is 62.7 Å². The summed E-state index contributed by atoms with van der Waals surface area (Å²) in [6, 6.07) is 7.11. The molecule has 23 heavy (non-hydrogen) atoms. The normalized spacial score (nSPS) is 16.6. The van der Waals surface area contributed by atoms with Gasteiger partial charge in [0, 0.05) is 23.7 Å². The van der Waals surface area contributed by atoms with Crippen molar-refractivity contribution in [1.82, 2.24) is 5.32 Å². The molecule has 1 aliphatic rings. The molecule has 1 saturated carbocycles. The molecule has 1 fully saturated rings. The number of rotatable bonds is 6. The van der Waals surface area contributed by atoms with Gasteiger partial charge in [0.15, 0.2) is 0 Å². The molecule has 0 saturated heterocycles. The van der Waals surface area contributed by atoms with Crippen molar-refractivity contribution >= 4 is 17.5 Å². The molecule has 1 unspecified atom stereocenters. The Morgan fingerprint density at radius 2 is 1.96 bits per heavy atom. The summed E-state index contributed by atoms with van der Waals surface area (Å²) in [5, 5.41) is 5.72. The molecule has 0 heterocycles. The SMILES string of the molecule is CCNC(=O)c1cccc(NC(=O)C(C)CC2CCCCC2)c1. The maximum absolute atomic E-state index is 12.4. The lowest BCUT2D eigenvalue weighted by Gasteiger charge is -2.24. The summed E-state index contributed by atoms with van der Waals surface area (Å²) in [4.78, 5) is 24.2. The zero-order chi connectivity index (χ0) is 16.7. The predicted octanol–water partition coefficient (Wildman–Crippen LogP) is 3.98. The van der Waals surface area contributed by atoms with Gasteiger partial charge in [-0.05, 0) is 37.5 Å². The molecule has 0 spiro atoms. The molecular weight excluding hydrogens is 288 g/mol. The molecule has 4 nitrogen and oxygen atoms in total. The second kappa shape index (κ2) is 8.70. The first-order valence-corrected chi connectivity index (χ1v) is 8.79. The van der Waals surface area contributed by atoms with Gasteiger partial charge < -0.3 is 10.6 Å². The standard InChI is InChI=1S/C19H28N2O2/c1-3-20-19(23)16-10-7-11-17(13-16)21-18(22)14(2)12-15-8-5-4-6-9-15/h7,10-11,13-15H,3-6,8-9,12H2,1-2H3,(H,20,23)(H,21,22). The van der Waals surface area contributed by atoms with Crippen LogP contribution in [0, 0.1) is 11.8 Å². The Balaban J connectivity index is 1.91. The fraction of sp³-hybridized carbons (Fsp3) is 0.579. The van der Waals surface area contributed by atoms with Gasteiger partial charge in [-0.1, -0.05) is 45.1 Å². The Hall–Kier alpha value is -1.84. The molecule has 1 aromatic rings. The van der Waals surface area contributed by atoms with E-state index in [2.05, 4.69) is 10.6 Å². The molecule has 0 bridgehead atoms. The van der Waals surface area contributed by atoms with Crippen molar-refractivity contribution in [3.05, 3.63) is 29.8 Å². The summed E-state index contributed by atoms with van der Waals surface area (Å²) < 4.78 is 0. The van der Waals surface area contributed by atoms with E-state index in [4.69, 9.17) is 0 Å². The van der Waals surface area contributed by atoms with Crippen LogP contribution in [0.5, 0.6) is 0 Å². The van der Waals surface area contributed by atoms with Gasteiger partial charge in [0.1, 0.15) is 0 Å². The third kappa shape index (κ3) is 5.38. The van der Waals surface area contributed by atoms with E-state index in [9.17, 15) is 9.59 Å². The highest BCUT2D eigenvalue weighted by atomic mass is 16.2. The topological polar surface area (TPSA) is 58.2 Å². The average molecular weight is 316 g/mol. The first-order chi connectivity index (χ1) is 11.1. The minimum atomic E-state index is -0.112. The van der Waals surface area contributed by atoms with Crippen molar-refractivity contribution in [2.75, 3.05) is 11.9 Å². The molecule has 2 amide bonds. The van der Waals surface area contributed by atoms with Gasteiger partial charge in [0.2, 0.25) is 5.91 Å². The number of nitrogens with one attached hydrogen (secondary N) is 2. The van der Waals surface area contributed by atoms with E-state index >= 15 is 0 Å². The Morgan fingerprint density at radius 1 is 1.22 bits per heavy atom. The van der Waals surface area contributed by atoms with Gasteiger partial charge in [-0.3, -0.25) is 9.59 Å². The van der Waals surface area contributed by atoms with Crippen molar-refractivity contribution < 1.29 is 9.59 Å². The molecular formula is C19H28N2O2. The molecule has 0 aromatic heterocycles. The summed E-state index contributed by atoms with van der Waals surface area (Å²) in [7, 11) is 0. The van der Waals surface area contributed by atoms with E-state index in [0.29, 0.717) is 23.7 Å². The van der Waals surface area contributed by atoms with Crippen molar-refractivity contribution in [2.45, 2.75) is 52.4 Å². The summed E-state index contributed by atoms with van der Waals surface area (Å²) in [5.74, 6) is 0.625. The Kier molecular flexibility index (Phi) is 6.63. The lowest BCUT2D eigenvalue weighted by Crippen LogP contribution is -2.24. The van der Waals surface area contributed by atoms with Gasteiger partial charge in [0.25, 0.3) is 5.91 Å². The van der Waals surface area contributed by atoms with Crippen molar-refractivity contribution in [3.63, 3.8) is 0 Å². The molecule has 0 aliphatic heterocycles. The largest absolute Gasteiger partial charge is 0.352 e. The van der Waals surface area contributed by atoms with E-state index in [-0.39, 0.29) is 17.7 Å². The number of amides is 2. The minimum Gasteiger partial charge on any atom is -0.352 e. The van der Waals surface area contributed by atoms with E-state index in [1.807, 2.05) is 19.9 Å². The highest BCUT2D eigenvalue weighted by molar-refractivity contribution is 5.97. The Labute approximate surface area is 139 Å². The number of carbonyl (C=O) groups excluding carboxylic acids is 2. The van der Waals surface area contributed by atoms with Gasteiger partial charge in [-0.2, -0.15) is 0 Å². The smallest absolute Gasteiger partial charge is 0.251 e. The van der Waals surface area contributed by atoms with Crippen molar-refractivity contribution in [3.8, 4) is 0 Å². The number of hydrogen-bond donors (Lipinski definition) is 2. The maximum atomic E-state index is 12.4. The molecule has 1 aromatic carbocycles. The number of carbonyl (C=O) groups is 2. The van der Waals surface area contributed by atoms with Gasteiger partial charge in [-0.15, -0.1) is 0 Å². The quantitative estimate of drug-likeness (QED) is 0.834. The zero-order valence-corrected chi connectivity index (χ0v) is 14.2. The minimum absolute atomic E-state index is 0.00576. The highest BCUT2D eigenvalue weighted by Crippen LogP contribution is 2.29. The number of benzene rings is 1. The van der Waals surface area contributed by atoms with Crippen LogP contribution in [-0.4, -0.2) is 18.4 Å². The van der Waals surface area contributed by atoms with Gasteiger partial charge >= 0.3 is 0 Å². The highest BCUT2D eigenvalue weighted by Gasteiger charge is 2.21. The van der Waals surface area contributed by atoms with E-state index in [1.54, 1.807) is 18.2 Å². The first-order valence-electron chi connectivity index (χ1n) is 8.79. The van der Waals surface area contributed by atoms with Crippen LogP contribution in [0.4, 0.5) is 5.69 Å². The molecule has 1 atom stereocenters. The van der Waals surface area contributed by atoms with Crippen LogP contribution in [0.25, 0.3) is 0 Å². The van der Waals surface area contributed by atoms with Gasteiger partial charge in [0.05, 0.1) is 0 Å². The third-order valence-electron chi connectivity index (χ3n) is 4.59. The second-order valence-corrected chi connectivity index (χ2v) is 6.57. The molecule has 0 radical (unpaired) electrons. The Morgan fingerprint density at radius 3 is 2.65 bits per heavy atom. The molecule has 2 rings (SSSR count). The fourth-order valence-corrected chi connectivity index (χ4v) is 3.30. The monoisotopic (exact) mass is 316 g/mol. The lowest BCUT2D eigenvalue weighted by atomic mass is 9.83. The summed E-state index contributed by atoms with van der Waals surface area (Å²) in [6.45, 7) is 4.47. The zero-order valence-electron chi connectivity index (χ0n) is 14.2. The maximum Gasteiger partial charge on any atom is 0.251 e. The number of hydrogen-bond acceptors (Lipinski definition) is 2. The van der Waals surface area contributed by atoms with Crippen molar-refractivity contribution in [2.24, 2.45) is 11.8 Å². The van der Waals surface area contributed by atoms with Crippen LogP contribution in [0.3, 0.4) is 0 Å². The van der Waals surface area contributed by atoms with E-state index in [0.717, 1.165) is 6.42 Å². The van der Waals surface area contributed by atoms with Crippen LogP contribution >= 0.6 is 0 Å². The van der Waals surface area contributed by atoms with Crippen LogP contribution in [0.2, 0.25) is 0 Å². The average Bonchev–Trinajstić information content (AvgIpc) is 2.56. The first kappa shape index (κ1) is 17.5. The van der Waals surface area contributed by atoms with Crippen LogP contribution in [0.15, 0.2) is 24.3 Å². The summed E-state index contributed by atoms with van der Waals surface area (Å²) >= 11 is 0. The molecule has 2 N–H and O–H groups in total. The lowest BCUT2D eigenvalue weighted by molar-refractivity contribution is -0.120. The Bertz CT molecular complexity index is 536. The molecule has 4 heteroatoms. The van der Waals surface area contributed by atoms with E-state index < -0.39 is 0 Å².